The lowest BCUT2D eigenvalue weighted by Crippen LogP contribution is -2.59. The van der Waals surface area contributed by atoms with E-state index in [4.69, 9.17) is 5.73 Å². The third-order valence-electron chi connectivity index (χ3n) is 3.25. The molecule has 0 saturated carbocycles. The highest BCUT2D eigenvalue weighted by molar-refractivity contribution is 6.04. The third-order valence-corrected chi connectivity index (χ3v) is 3.25. The fourth-order valence-corrected chi connectivity index (χ4v) is 1.63. The predicted molar refractivity (Wildman–Crippen MR) is 66.4 cm³/mol. The van der Waals surface area contributed by atoms with Crippen molar-refractivity contribution < 1.29 is 14.4 Å². The summed E-state index contributed by atoms with van der Waals surface area (Å²) < 4.78 is 0. The molecule has 0 aromatic carbocycles. The molecule has 0 aromatic heterocycles. The summed E-state index contributed by atoms with van der Waals surface area (Å²) in [5.74, 6) is -1.15. The van der Waals surface area contributed by atoms with Gasteiger partial charge in [0, 0.05) is 12.5 Å². The van der Waals surface area contributed by atoms with Gasteiger partial charge in [0.2, 0.25) is 17.7 Å². The summed E-state index contributed by atoms with van der Waals surface area (Å²) in [7, 11) is 0. The van der Waals surface area contributed by atoms with Crippen LogP contribution in [0.5, 0.6) is 0 Å². The van der Waals surface area contributed by atoms with Crippen LogP contribution in [-0.4, -0.2) is 41.2 Å². The number of nitrogens with one attached hydrogen (secondary N) is 1. The Balaban J connectivity index is 2.71. The maximum absolute atomic E-state index is 12.1. The highest BCUT2D eigenvalue weighted by atomic mass is 16.2. The summed E-state index contributed by atoms with van der Waals surface area (Å²) in [6, 6.07) is -0.931. The topological polar surface area (TPSA) is 92.5 Å². The van der Waals surface area contributed by atoms with Gasteiger partial charge in [0.1, 0.15) is 12.6 Å². The van der Waals surface area contributed by atoms with Crippen molar-refractivity contribution in [1.29, 1.82) is 0 Å². The minimum atomic E-state index is -0.623. The predicted octanol–water partition coefficient (Wildman–Crippen LogP) is -0.377. The zero-order chi connectivity index (χ0) is 14.1. The van der Waals surface area contributed by atoms with Crippen LogP contribution in [0.15, 0.2) is 0 Å². The van der Waals surface area contributed by atoms with E-state index in [1.165, 1.54) is 4.90 Å². The average molecular weight is 255 g/mol. The molecule has 1 saturated heterocycles. The zero-order valence-electron chi connectivity index (χ0n) is 11.3. The van der Waals surface area contributed by atoms with Gasteiger partial charge in [-0.15, -0.1) is 0 Å². The lowest BCUT2D eigenvalue weighted by atomic mass is 9.85. The molecule has 18 heavy (non-hydrogen) atoms. The van der Waals surface area contributed by atoms with Crippen molar-refractivity contribution in [1.82, 2.24) is 10.2 Å². The molecule has 0 radical (unpaired) electrons. The van der Waals surface area contributed by atoms with Crippen LogP contribution in [0.25, 0.3) is 0 Å². The molecule has 3 amide bonds. The van der Waals surface area contributed by atoms with Gasteiger partial charge in [0.25, 0.3) is 0 Å². The number of hydrogen-bond donors (Lipinski definition) is 2. The van der Waals surface area contributed by atoms with Gasteiger partial charge in [-0.2, -0.15) is 0 Å². The second-order valence-corrected chi connectivity index (χ2v) is 5.79. The van der Waals surface area contributed by atoms with E-state index in [0.29, 0.717) is 0 Å². The Morgan fingerprint density at radius 1 is 1.50 bits per heavy atom. The minimum Gasteiger partial charge on any atom is -0.327 e. The number of imide groups is 1. The van der Waals surface area contributed by atoms with Crippen LogP contribution >= 0.6 is 0 Å². The monoisotopic (exact) mass is 255 g/mol. The molecule has 0 aromatic rings. The molecule has 1 fully saturated rings. The fourth-order valence-electron chi connectivity index (χ4n) is 1.63. The first kappa shape index (κ1) is 14.6. The number of carbonyl (C=O) groups excluding carboxylic acids is 3. The van der Waals surface area contributed by atoms with Crippen LogP contribution < -0.4 is 11.1 Å². The molecule has 0 bridgehead atoms. The first-order valence-corrected chi connectivity index (χ1v) is 6.01. The van der Waals surface area contributed by atoms with Crippen molar-refractivity contribution in [3.8, 4) is 0 Å². The van der Waals surface area contributed by atoms with Gasteiger partial charge in [0.05, 0.1) is 0 Å². The molecule has 0 spiro atoms. The average Bonchev–Trinajstić information content (AvgIpc) is 2.21. The van der Waals surface area contributed by atoms with Crippen molar-refractivity contribution in [2.45, 2.75) is 46.2 Å². The molecule has 3 N–H and O–H groups in total. The van der Waals surface area contributed by atoms with Crippen LogP contribution in [-0.2, 0) is 14.4 Å². The maximum atomic E-state index is 12.1. The summed E-state index contributed by atoms with van der Waals surface area (Å²) >= 11 is 0. The van der Waals surface area contributed by atoms with Gasteiger partial charge in [-0.25, -0.2) is 0 Å². The molecule has 1 aliphatic heterocycles. The van der Waals surface area contributed by atoms with Crippen LogP contribution in [0.3, 0.4) is 0 Å². The lowest BCUT2D eigenvalue weighted by molar-refractivity contribution is -0.149. The number of piperazine rings is 1. The number of hydrogen-bond acceptors (Lipinski definition) is 4. The fraction of sp³-hybridized carbons (Fsp3) is 0.750. The molecule has 2 unspecified atom stereocenters. The van der Waals surface area contributed by atoms with Crippen molar-refractivity contribution in [2.75, 3.05) is 6.54 Å². The van der Waals surface area contributed by atoms with Gasteiger partial charge in [0.15, 0.2) is 0 Å². The summed E-state index contributed by atoms with van der Waals surface area (Å²) in [6.07, 6.45) is 0.133. The number of nitrogens with two attached hydrogens (primary N) is 1. The normalized spacial score (nSPS) is 22.7. The molecular weight excluding hydrogens is 234 g/mol. The smallest absolute Gasteiger partial charge is 0.249 e. The molecule has 1 rings (SSSR count). The Labute approximate surface area is 107 Å². The van der Waals surface area contributed by atoms with E-state index in [1.807, 2.05) is 20.8 Å². The largest absolute Gasteiger partial charge is 0.327 e. The summed E-state index contributed by atoms with van der Waals surface area (Å²) in [5.41, 5.74) is 5.75. The first-order valence-electron chi connectivity index (χ1n) is 6.01. The number of rotatable bonds is 2. The van der Waals surface area contributed by atoms with E-state index in [-0.39, 0.29) is 30.3 Å². The zero-order valence-corrected chi connectivity index (χ0v) is 11.3. The Hall–Kier alpha value is -1.43. The SMILES string of the molecule is CC1C(=O)NC(=O)CN1C(=O)CC(N)C(C)(C)C. The quantitative estimate of drug-likeness (QED) is 0.658. The van der Waals surface area contributed by atoms with Crippen molar-refractivity contribution in [3.63, 3.8) is 0 Å². The Morgan fingerprint density at radius 3 is 2.56 bits per heavy atom. The van der Waals surface area contributed by atoms with E-state index in [0.717, 1.165) is 0 Å². The van der Waals surface area contributed by atoms with E-state index in [2.05, 4.69) is 5.32 Å². The molecule has 2 atom stereocenters. The Bertz CT molecular complexity index is 373. The van der Waals surface area contributed by atoms with Crippen LogP contribution in [0.1, 0.15) is 34.1 Å². The van der Waals surface area contributed by atoms with Gasteiger partial charge < -0.3 is 10.6 Å². The van der Waals surface area contributed by atoms with Gasteiger partial charge in [-0.3, -0.25) is 19.7 Å². The first-order chi connectivity index (χ1) is 8.12. The number of nitrogens with zero attached hydrogens (tertiary/aromatic N) is 1. The molecule has 6 heteroatoms. The highest BCUT2D eigenvalue weighted by Gasteiger charge is 2.35. The highest BCUT2D eigenvalue weighted by Crippen LogP contribution is 2.21. The third kappa shape index (κ3) is 3.29. The number of carbonyl (C=O) groups is 3. The van der Waals surface area contributed by atoms with Gasteiger partial charge in [-0.1, -0.05) is 20.8 Å². The molecule has 1 aliphatic rings. The summed E-state index contributed by atoms with van der Waals surface area (Å²) in [4.78, 5) is 36.1. The van der Waals surface area contributed by atoms with Crippen molar-refractivity contribution in [3.05, 3.63) is 0 Å². The molecular formula is C12H21N3O3. The second kappa shape index (κ2) is 5.06. The lowest BCUT2D eigenvalue weighted by Gasteiger charge is -2.34. The minimum absolute atomic E-state index is 0.0808. The molecule has 0 aliphatic carbocycles. The Morgan fingerprint density at radius 2 is 2.06 bits per heavy atom. The molecule has 102 valence electrons. The molecule has 6 nitrogen and oxygen atoms in total. The van der Waals surface area contributed by atoms with Crippen molar-refractivity contribution >= 4 is 17.7 Å². The maximum Gasteiger partial charge on any atom is 0.249 e. The van der Waals surface area contributed by atoms with Gasteiger partial charge >= 0.3 is 0 Å². The van der Waals surface area contributed by atoms with Crippen LogP contribution in [0.2, 0.25) is 0 Å². The van der Waals surface area contributed by atoms with E-state index < -0.39 is 17.9 Å². The van der Waals surface area contributed by atoms with Crippen molar-refractivity contribution in [2.24, 2.45) is 11.1 Å². The van der Waals surface area contributed by atoms with E-state index in [9.17, 15) is 14.4 Å². The standard InChI is InChI=1S/C12H21N3O3/c1-7-11(18)14-9(16)6-15(7)10(17)5-8(13)12(2,3)4/h7-8H,5-6,13H2,1-4H3,(H,14,16,18). The van der Waals surface area contributed by atoms with Gasteiger partial charge in [-0.05, 0) is 12.3 Å². The second-order valence-electron chi connectivity index (χ2n) is 5.79. The number of amides is 3. The van der Waals surface area contributed by atoms with Crippen LogP contribution in [0, 0.1) is 5.41 Å². The summed E-state index contributed by atoms with van der Waals surface area (Å²) in [6.45, 7) is 7.36. The van der Waals surface area contributed by atoms with E-state index >= 15 is 0 Å². The van der Waals surface area contributed by atoms with E-state index in [1.54, 1.807) is 6.92 Å². The Kier molecular flexibility index (Phi) is 4.11. The summed E-state index contributed by atoms with van der Waals surface area (Å²) in [5, 5.41) is 2.19. The van der Waals surface area contributed by atoms with Crippen LogP contribution in [0.4, 0.5) is 0 Å². The molecule has 1 heterocycles.